The molecule has 1 heterocycles. The summed E-state index contributed by atoms with van der Waals surface area (Å²) in [5.41, 5.74) is 3.00. The Morgan fingerprint density at radius 2 is 1.77 bits per heavy atom. The van der Waals surface area contributed by atoms with Crippen molar-refractivity contribution in [3.8, 4) is 0 Å². The Hall–Kier alpha value is -3.00. The van der Waals surface area contributed by atoms with Crippen LogP contribution in [-0.4, -0.2) is 64.4 Å². The lowest BCUT2D eigenvalue weighted by Crippen LogP contribution is -2.55. The summed E-state index contributed by atoms with van der Waals surface area (Å²) in [5, 5.41) is 26.9. The summed E-state index contributed by atoms with van der Waals surface area (Å²) >= 11 is 0. The fourth-order valence-electron chi connectivity index (χ4n) is 9.09. The highest BCUT2D eigenvalue weighted by molar-refractivity contribution is 5.99. The highest BCUT2D eigenvalue weighted by atomic mass is 16.5. The number of fused-ring (bicyclic) bond motifs is 8. The Morgan fingerprint density at radius 3 is 2.52 bits per heavy atom. The number of aliphatic hydroxyl groups excluding tert-OH is 1. The minimum absolute atomic E-state index is 0.0252. The molecule has 0 radical (unpaired) electrons. The summed E-state index contributed by atoms with van der Waals surface area (Å²) in [6.07, 6.45) is 13.6. The predicted octanol–water partition coefficient (Wildman–Crippen LogP) is 8.20. The van der Waals surface area contributed by atoms with Crippen LogP contribution < -0.4 is 5.32 Å². The molecule has 3 fully saturated rings. The Labute approximate surface area is 287 Å². The third-order valence-corrected chi connectivity index (χ3v) is 12.1. The number of rotatable bonds is 7. The van der Waals surface area contributed by atoms with Crippen molar-refractivity contribution in [2.45, 2.75) is 127 Å². The van der Waals surface area contributed by atoms with Gasteiger partial charge < -0.3 is 25.2 Å². The second-order valence-corrected chi connectivity index (χ2v) is 15.5. The number of benzene rings is 2. The van der Waals surface area contributed by atoms with Crippen molar-refractivity contribution in [3.63, 3.8) is 0 Å². The van der Waals surface area contributed by atoms with E-state index in [1.165, 1.54) is 12.0 Å². The number of carbonyl (C=O) groups excluding carboxylic acids is 2. The molecule has 5 unspecified atom stereocenters. The number of urea groups is 1. The van der Waals surface area contributed by atoms with Crippen LogP contribution in [0.2, 0.25) is 0 Å². The average molecular weight is 657 g/mol. The second kappa shape index (κ2) is 15.3. The van der Waals surface area contributed by atoms with E-state index >= 15 is 0 Å². The molecule has 7 heteroatoms. The highest BCUT2D eigenvalue weighted by Gasteiger charge is 2.58. The minimum Gasteiger partial charge on any atom is -0.393 e. The van der Waals surface area contributed by atoms with Crippen LogP contribution in [0, 0.1) is 11.3 Å². The zero-order valence-corrected chi connectivity index (χ0v) is 29.1. The van der Waals surface area contributed by atoms with E-state index in [1.807, 2.05) is 30.3 Å². The lowest BCUT2D eigenvalue weighted by molar-refractivity contribution is -0.0800. The largest absolute Gasteiger partial charge is 0.393 e. The van der Waals surface area contributed by atoms with Crippen molar-refractivity contribution in [3.05, 3.63) is 76.9 Å². The first kappa shape index (κ1) is 34.8. The molecule has 3 N–H and O–H groups in total. The van der Waals surface area contributed by atoms with Crippen molar-refractivity contribution in [1.82, 2.24) is 4.90 Å². The SMILES string of the molecule is CC1=CCCC2(C)C(CCC2(O)CN(CC2CCCO2)C(=O)Nc2ccccc2)c2ccc(cc2C(=O)C2CCCCC2)CC(O)CC1. The molecule has 48 heavy (non-hydrogen) atoms. The van der Waals surface area contributed by atoms with Gasteiger partial charge in [0.2, 0.25) is 0 Å². The summed E-state index contributed by atoms with van der Waals surface area (Å²) < 4.78 is 6.00. The fraction of sp³-hybridized carbons (Fsp3) is 0.610. The summed E-state index contributed by atoms with van der Waals surface area (Å²) in [6, 6.07) is 15.5. The van der Waals surface area contributed by atoms with E-state index in [0.29, 0.717) is 32.4 Å². The van der Waals surface area contributed by atoms with E-state index in [-0.39, 0.29) is 36.3 Å². The molecule has 2 bridgehead atoms. The number of ether oxygens (including phenoxy) is 1. The smallest absolute Gasteiger partial charge is 0.322 e. The van der Waals surface area contributed by atoms with Gasteiger partial charge in [0.15, 0.2) is 5.78 Å². The molecule has 0 spiro atoms. The molecule has 7 nitrogen and oxygen atoms in total. The normalized spacial score (nSPS) is 29.9. The van der Waals surface area contributed by atoms with Gasteiger partial charge in [0.25, 0.3) is 0 Å². The van der Waals surface area contributed by atoms with Crippen molar-refractivity contribution in [2.75, 3.05) is 25.0 Å². The van der Waals surface area contributed by atoms with Gasteiger partial charge in [0, 0.05) is 35.7 Å². The summed E-state index contributed by atoms with van der Waals surface area (Å²) in [7, 11) is 0. The lowest BCUT2D eigenvalue weighted by Gasteiger charge is -2.46. The number of anilines is 1. The van der Waals surface area contributed by atoms with E-state index in [1.54, 1.807) is 4.90 Å². The van der Waals surface area contributed by atoms with Gasteiger partial charge >= 0.3 is 6.03 Å². The summed E-state index contributed by atoms with van der Waals surface area (Å²) in [4.78, 5) is 30.1. The molecule has 7 rings (SSSR count). The van der Waals surface area contributed by atoms with E-state index in [9.17, 15) is 19.8 Å². The number of Topliss-reactive ketones (excluding diaryl/α,β-unsaturated/α-hetero) is 1. The standard InChI is InChI=1S/C41H56N2O5/c1-29-11-9-22-40(2)37(35-20-18-30(25-33(44)19-17-29)26-36(35)38(45)31-12-5-3-6-13-31)21-23-41(40,47)28-43(27-34-16-10-24-48-34)39(46)42-32-14-7-4-8-15-32/h4,7-8,11,14-15,18,20,26,31,33-34,37,44,47H,3,5-6,9-10,12-13,16-17,19,21-25,27-28H2,1-2H3,(H,42,46). The van der Waals surface area contributed by atoms with Crippen molar-refractivity contribution < 1.29 is 24.5 Å². The van der Waals surface area contributed by atoms with Crippen LogP contribution in [-0.2, 0) is 11.2 Å². The zero-order chi connectivity index (χ0) is 33.7. The van der Waals surface area contributed by atoms with Gasteiger partial charge in [0.05, 0.1) is 24.4 Å². The zero-order valence-electron chi connectivity index (χ0n) is 29.1. The Morgan fingerprint density at radius 1 is 0.979 bits per heavy atom. The van der Waals surface area contributed by atoms with Gasteiger partial charge in [-0.25, -0.2) is 4.79 Å². The third kappa shape index (κ3) is 7.74. The maximum atomic E-state index is 14.3. The Bertz CT molecular complexity index is 1450. The van der Waals surface area contributed by atoms with Gasteiger partial charge in [-0.2, -0.15) is 0 Å². The molecule has 4 aliphatic carbocycles. The maximum Gasteiger partial charge on any atom is 0.322 e. The molecule has 0 aromatic heterocycles. The number of aliphatic hydroxyl groups is 2. The quantitative estimate of drug-likeness (QED) is 0.206. The molecule has 2 aromatic carbocycles. The molecular formula is C41H56N2O5. The molecule has 2 amide bonds. The van der Waals surface area contributed by atoms with Crippen LogP contribution in [0.3, 0.4) is 0 Å². The topological polar surface area (TPSA) is 99.1 Å². The monoisotopic (exact) mass is 656 g/mol. The van der Waals surface area contributed by atoms with Gasteiger partial charge in [-0.3, -0.25) is 4.79 Å². The first-order valence-corrected chi connectivity index (χ1v) is 18.6. The lowest BCUT2D eigenvalue weighted by atomic mass is 9.64. The number of amides is 2. The van der Waals surface area contributed by atoms with Crippen molar-refractivity contribution in [2.24, 2.45) is 11.3 Å². The number of allylic oxidation sites excluding steroid dienone is 2. The molecule has 5 aliphatic rings. The van der Waals surface area contributed by atoms with Crippen LogP contribution in [0.4, 0.5) is 10.5 Å². The van der Waals surface area contributed by atoms with Gasteiger partial charge in [-0.05, 0) is 113 Å². The molecule has 260 valence electrons. The van der Waals surface area contributed by atoms with Crippen molar-refractivity contribution >= 4 is 17.5 Å². The highest BCUT2D eigenvalue weighted by Crippen LogP contribution is 2.59. The van der Waals surface area contributed by atoms with Gasteiger partial charge in [-0.15, -0.1) is 0 Å². The molecule has 2 aromatic rings. The maximum absolute atomic E-state index is 14.3. The van der Waals surface area contributed by atoms with Gasteiger partial charge in [0.1, 0.15) is 0 Å². The van der Waals surface area contributed by atoms with Crippen LogP contribution in [0.25, 0.3) is 0 Å². The van der Waals surface area contributed by atoms with E-state index in [0.717, 1.165) is 86.6 Å². The van der Waals surface area contributed by atoms with E-state index < -0.39 is 17.1 Å². The first-order chi connectivity index (χ1) is 23.1. The average Bonchev–Trinajstić information content (AvgIpc) is 3.69. The van der Waals surface area contributed by atoms with Crippen molar-refractivity contribution in [1.29, 1.82) is 0 Å². The number of nitrogens with one attached hydrogen (secondary N) is 1. The number of hydrogen-bond donors (Lipinski definition) is 3. The van der Waals surface area contributed by atoms with Gasteiger partial charge in [-0.1, -0.05) is 68.2 Å². The first-order valence-electron chi connectivity index (χ1n) is 18.6. The Balaban J connectivity index is 1.37. The number of hydrogen-bond acceptors (Lipinski definition) is 5. The Kier molecular flexibility index (Phi) is 11.1. The number of nitrogens with zero attached hydrogens (tertiary/aromatic N) is 1. The van der Waals surface area contributed by atoms with Crippen LogP contribution in [0.5, 0.6) is 0 Å². The number of ketones is 1. The van der Waals surface area contributed by atoms with E-state index in [4.69, 9.17) is 4.74 Å². The second-order valence-electron chi connectivity index (χ2n) is 15.5. The summed E-state index contributed by atoms with van der Waals surface area (Å²) in [6.45, 7) is 5.64. The van der Waals surface area contributed by atoms with E-state index in [2.05, 4.69) is 43.4 Å². The summed E-state index contributed by atoms with van der Waals surface area (Å²) in [5.74, 6) is 0.198. The molecule has 2 saturated carbocycles. The fourth-order valence-corrected chi connectivity index (χ4v) is 9.09. The van der Waals surface area contributed by atoms with Crippen LogP contribution in [0.1, 0.15) is 125 Å². The molecule has 1 aliphatic heterocycles. The third-order valence-electron chi connectivity index (χ3n) is 12.1. The molecule has 1 saturated heterocycles. The van der Waals surface area contributed by atoms with Crippen LogP contribution >= 0.6 is 0 Å². The number of carbonyl (C=O) groups is 2. The minimum atomic E-state index is -1.18. The molecule has 5 atom stereocenters. The predicted molar refractivity (Wildman–Crippen MR) is 190 cm³/mol. The van der Waals surface area contributed by atoms with Crippen LogP contribution in [0.15, 0.2) is 60.2 Å². The molecular weight excluding hydrogens is 600 g/mol. The number of para-hydroxylation sites is 1.